The SMILES string of the molecule is Cc1cnc(CCNC(=O)c2ccccc2Br)o1. The van der Waals surface area contributed by atoms with Gasteiger partial charge in [0.1, 0.15) is 5.76 Å². The molecule has 0 fully saturated rings. The zero-order valence-corrected chi connectivity index (χ0v) is 11.5. The summed E-state index contributed by atoms with van der Waals surface area (Å²) in [6.45, 7) is 2.34. The predicted molar refractivity (Wildman–Crippen MR) is 71.4 cm³/mol. The van der Waals surface area contributed by atoms with Crippen LogP contribution in [-0.2, 0) is 6.42 Å². The molecule has 1 N–H and O–H groups in total. The van der Waals surface area contributed by atoms with Gasteiger partial charge in [-0.2, -0.15) is 0 Å². The molecule has 0 aliphatic rings. The van der Waals surface area contributed by atoms with Crippen molar-refractivity contribution >= 4 is 21.8 Å². The largest absolute Gasteiger partial charge is 0.446 e. The van der Waals surface area contributed by atoms with E-state index < -0.39 is 0 Å². The van der Waals surface area contributed by atoms with Gasteiger partial charge in [0.15, 0.2) is 5.89 Å². The van der Waals surface area contributed by atoms with Crippen molar-refractivity contribution in [1.29, 1.82) is 0 Å². The molecule has 1 amide bonds. The molecule has 5 heteroatoms. The van der Waals surface area contributed by atoms with Crippen LogP contribution in [0, 0.1) is 6.92 Å². The van der Waals surface area contributed by atoms with Crippen molar-refractivity contribution in [3.05, 3.63) is 52.1 Å². The average molecular weight is 309 g/mol. The summed E-state index contributed by atoms with van der Waals surface area (Å²) in [6.07, 6.45) is 2.26. The second-order valence-electron chi connectivity index (χ2n) is 3.85. The van der Waals surface area contributed by atoms with Crippen LogP contribution in [0.4, 0.5) is 0 Å². The fourth-order valence-corrected chi connectivity index (χ4v) is 2.01. The van der Waals surface area contributed by atoms with Crippen LogP contribution in [0.25, 0.3) is 0 Å². The van der Waals surface area contributed by atoms with Gasteiger partial charge in [0.25, 0.3) is 5.91 Å². The number of benzene rings is 1. The van der Waals surface area contributed by atoms with Gasteiger partial charge in [0.05, 0.1) is 11.8 Å². The predicted octanol–water partition coefficient (Wildman–Crippen LogP) is 2.72. The van der Waals surface area contributed by atoms with Gasteiger partial charge in [-0.1, -0.05) is 12.1 Å². The number of nitrogens with zero attached hydrogens (tertiary/aromatic N) is 1. The summed E-state index contributed by atoms with van der Waals surface area (Å²) in [5.41, 5.74) is 0.626. The minimum Gasteiger partial charge on any atom is -0.446 e. The lowest BCUT2D eigenvalue weighted by Gasteiger charge is -2.05. The van der Waals surface area contributed by atoms with Crippen LogP contribution in [0.3, 0.4) is 0 Å². The maximum Gasteiger partial charge on any atom is 0.252 e. The van der Waals surface area contributed by atoms with E-state index in [0.29, 0.717) is 24.4 Å². The van der Waals surface area contributed by atoms with E-state index in [1.165, 1.54) is 0 Å². The van der Waals surface area contributed by atoms with Crippen molar-refractivity contribution in [2.75, 3.05) is 6.54 Å². The third kappa shape index (κ3) is 3.20. The Kier molecular flexibility index (Phi) is 4.15. The number of hydrogen-bond donors (Lipinski definition) is 1. The number of amides is 1. The molecule has 0 aliphatic carbocycles. The van der Waals surface area contributed by atoms with Crippen LogP contribution < -0.4 is 5.32 Å². The Hall–Kier alpha value is -1.62. The van der Waals surface area contributed by atoms with Crippen molar-refractivity contribution in [3.8, 4) is 0 Å². The number of aryl methyl sites for hydroxylation is 1. The number of aromatic nitrogens is 1. The molecule has 0 spiro atoms. The Morgan fingerprint density at radius 1 is 1.44 bits per heavy atom. The van der Waals surface area contributed by atoms with E-state index in [1.807, 2.05) is 25.1 Å². The minimum absolute atomic E-state index is 0.106. The smallest absolute Gasteiger partial charge is 0.252 e. The number of oxazole rings is 1. The molecule has 94 valence electrons. The molecule has 0 radical (unpaired) electrons. The molecule has 4 nitrogen and oxygen atoms in total. The van der Waals surface area contributed by atoms with Gasteiger partial charge in [-0.3, -0.25) is 4.79 Å². The van der Waals surface area contributed by atoms with Crippen molar-refractivity contribution in [3.63, 3.8) is 0 Å². The van der Waals surface area contributed by atoms with Crippen LogP contribution in [0.15, 0.2) is 39.4 Å². The Labute approximate surface area is 114 Å². The zero-order chi connectivity index (χ0) is 13.0. The third-order valence-corrected chi connectivity index (χ3v) is 3.10. The number of rotatable bonds is 4. The highest BCUT2D eigenvalue weighted by Gasteiger charge is 2.08. The summed E-state index contributed by atoms with van der Waals surface area (Å²) in [6, 6.07) is 7.31. The highest BCUT2D eigenvalue weighted by molar-refractivity contribution is 9.10. The standard InChI is InChI=1S/C13H13BrN2O2/c1-9-8-16-12(18-9)6-7-15-13(17)10-4-2-3-5-11(10)14/h2-5,8H,6-7H2,1H3,(H,15,17). The molecule has 0 unspecified atom stereocenters. The van der Waals surface area contributed by atoms with Gasteiger partial charge in [-0.05, 0) is 35.0 Å². The van der Waals surface area contributed by atoms with E-state index in [4.69, 9.17) is 4.42 Å². The molecule has 0 atom stereocenters. The molecular formula is C13H13BrN2O2. The summed E-state index contributed by atoms with van der Waals surface area (Å²) < 4.78 is 6.11. The molecule has 1 aromatic carbocycles. The lowest BCUT2D eigenvalue weighted by Crippen LogP contribution is -2.26. The molecule has 2 rings (SSSR count). The van der Waals surface area contributed by atoms with Gasteiger partial charge in [0.2, 0.25) is 0 Å². The first-order valence-electron chi connectivity index (χ1n) is 5.61. The van der Waals surface area contributed by atoms with E-state index in [0.717, 1.165) is 10.2 Å². The Balaban J connectivity index is 1.87. The van der Waals surface area contributed by atoms with E-state index in [1.54, 1.807) is 12.3 Å². The number of carbonyl (C=O) groups excluding carboxylic acids is 1. The monoisotopic (exact) mass is 308 g/mol. The Morgan fingerprint density at radius 2 is 2.22 bits per heavy atom. The van der Waals surface area contributed by atoms with Gasteiger partial charge in [-0.25, -0.2) is 4.98 Å². The second kappa shape index (κ2) is 5.82. The van der Waals surface area contributed by atoms with Crippen LogP contribution in [-0.4, -0.2) is 17.4 Å². The maximum atomic E-state index is 11.9. The first-order chi connectivity index (χ1) is 8.66. The second-order valence-corrected chi connectivity index (χ2v) is 4.70. The molecule has 0 saturated heterocycles. The summed E-state index contributed by atoms with van der Waals surface area (Å²) in [5.74, 6) is 1.31. The molecule has 0 saturated carbocycles. The van der Waals surface area contributed by atoms with Gasteiger partial charge in [0, 0.05) is 17.4 Å². The third-order valence-electron chi connectivity index (χ3n) is 2.41. The maximum absolute atomic E-state index is 11.9. The van der Waals surface area contributed by atoms with Crippen molar-refractivity contribution in [2.45, 2.75) is 13.3 Å². The zero-order valence-electron chi connectivity index (χ0n) is 9.94. The molecule has 0 aliphatic heterocycles. The normalized spacial score (nSPS) is 10.3. The van der Waals surface area contributed by atoms with Gasteiger partial charge in [-0.15, -0.1) is 0 Å². The Bertz CT molecular complexity index is 551. The van der Waals surface area contributed by atoms with Crippen LogP contribution in [0.1, 0.15) is 22.0 Å². The van der Waals surface area contributed by atoms with Crippen LogP contribution in [0.2, 0.25) is 0 Å². The highest BCUT2D eigenvalue weighted by Crippen LogP contribution is 2.15. The fraction of sp³-hybridized carbons (Fsp3) is 0.231. The first-order valence-corrected chi connectivity index (χ1v) is 6.40. The quantitative estimate of drug-likeness (QED) is 0.945. The van der Waals surface area contributed by atoms with E-state index in [2.05, 4.69) is 26.2 Å². The van der Waals surface area contributed by atoms with Gasteiger partial charge >= 0.3 is 0 Å². The lowest BCUT2D eigenvalue weighted by molar-refractivity contribution is 0.0953. The molecule has 1 heterocycles. The summed E-state index contributed by atoms with van der Waals surface area (Å²) in [4.78, 5) is 15.9. The van der Waals surface area contributed by atoms with E-state index >= 15 is 0 Å². The van der Waals surface area contributed by atoms with Crippen molar-refractivity contribution in [1.82, 2.24) is 10.3 Å². The number of nitrogens with one attached hydrogen (secondary N) is 1. The topological polar surface area (TPSA) is 55.1 Å². The number of carbonyl (C=O) groups is 1. The van der Waals surface area contributed by atoms with Gasteiger partial charge < -0.3 is 9.73 Å². The number of hydrogen-bond acceptors (Lipinski definition) is 3. The minimum atomic E-state index is -0.106. The highest BCUT2D eigenvalue weighted by atomic mass is 79.9. The summed E-state index contributed by atoms with van der Waals surface area (Å²) >= 11 is 3.35. The van der Waals surface area contributed by atoms with Crippen molar-refractivity contribution < 1.29 is 9.21 Å². The molecule has 18 heavy (non-hydrogen) atoms. The Morgan fingerprint density at radius 3 is 2.89 bits per heavy atom. The molecular weight excluding hydrogens is 296 g/mol. The number of halogens is 1. The van der Waals surface area contributed by atoms with Crippen LogP contribution >= 0.6 is 15.9 Å². The van der Waals surface area contributed by atoms with Crippen molar-refractivity contribution in [2.24, 2.45) is 0 Å². The molecule has 1 aromatic heterocycles. The first kappa shape index (κ1) is 12.8. The summed E-state index contributed by atoms with van der Waals surface area (Å²) in [5, 5.41) is 2.83. The van der Waals surface area contributed by atoms with E-state index in [9.17, 15) is 4.79 Å². The molecule has 0 bridgehead atoms. The van der Waals surface area contributed by atoms with E-state index in [-0.39, 0.29) is 5.91 Å². The lowest BCUT2D eigenvalue weighted by atomic mass is 10.2. The van der Waals surface area contributed by atoms with Crippen LogP contribution in [0.5, 0.6) is 0 Å². The average Bonchev–Trinajstić information content (AvgIpc) is 2.75. The summed E-state index contributed by atoms with van der Waals surface area (Å²) in [7, 11) is 0. The molecule has 2 aromatic rings. The fourth-order valence-electron chi connectivity index (χ4n) is 1.54.